The van der Waals surface area contributed by atoms with Crippen LogP contribution >= 0.6 is 11.3 Å². The number of nitrogens with zero attached hydrogens (tertiary/aromatic N) is 2. The number of hydrogen-bond acceptors (Lipinski definition) is 7. The van der Waals surface area contributed by atoms with Crippen LogP contribution in [0.2, 0.25) is 0 Å². The fraction of sp³-hybridized carbons (Fsp3) is 0.450. The van der Waals surface area contributed by atoms with Crippen molar-refractivity contribution >= 4 is 28.3 Å². The Hall–Kier alpha value is -2.81. The molecule has 154 valence electrons. The lowest BCUT2D eigenvalue weighted by Gasteiger charge is -2.31. The van der Waals surface area contributed by atoms with E-state index < -0.39 is 0 Å². The monoisotopic (exact) mass is 417 g/mol. The van der Waals surface area contributed by atoms with Gasteiger partial charge in [0.2, 0.25) is 11.7 Å². The van der Waals surface area contributed by atoms with Gasteiger partial charge < -0.3 is 24.4 Å². The number of amides is 2. The summed E-state index contributed by atoms with van der Waals surface area (Å²) in [5.74, 6) is 1.27. The van der Waals surface area contributed by atoms with Crippen LogP contribution in [0.15, 0.2) is 17.5 Å². The first-order valence-electron chi connectivity index (χ1n) is 9.55. The zero-order valence-electron chi connectivity index (χ0n) is 16.4. The van der Waals surface area contributed by atoms with E-state index in [-0.39, 0.29) is 17.7 Å². The summed E-state index contributed by atoms with van der Waals surface area (Å²) in [6.07, 6.45) is 1.23. The van der Waals surface area contributed by atoms with Crippen LogP contribution in [-0.2, 0) is 4.79 Å². The third-order valence-electron chi connectivity index (χ3n) is 5.08. The Bertz CT molecular complexity index is 904. The maximum Gasteiger partial charge on any atom is 0.254 e. The van der Waals surface area contributed by atoms with Gasteiger partial charge in [0.05, 0.1) is 12.8 Å². The molecule has 1 N–H and O–H groups in total. The molecule has 2 aliphatic rings. The number of thiazole rings is 1. The van der Waals surface area contributed by atoms with Crippen molar-refractivity contribution in [3.63, 3.8) is 0 Å². The number of carbonyl (C=O) groups is 2. The molecule has 4 rings (SSSR count). The van der Waals surface area contributed by atoms with Gasteiger partial charge in [-0.3, -0.25) is 9.59 Å². The third kappa shape index (κ3) is 4.14. The molecule has 8 nitrogen and oxygen atoms in total. The summed E-state index contributed by atoms with van der Waals surface area (Å²) >= 11 is 1.42. The zero-order valence-corrected chi connectivity index (χ0v) is 17.2. The van der Waals surface area contributed by atoms with Crippen LogP contribution in [0.3, 0.4) is 0 Å². The van der Waals surface area contributed by atoms with Crippen LogP contribution in [-0.4, -0.2) is 55.1 Å². The zero-order chi connectivity index (χ0) is 20.4. The molecular weight excluding hydrogens is 394 g/mol. The number of piperidine rings is 1. The van der Waals surface area contributed by atoms with E-state index in [1.165, 1.54) is 18.4 Å². The molecule has 29 heavy (non-hydrogen) atoms. The van der Waals surface area contributed by atoms with Crippen molar-refractivity contribution in [2.24, 2.45) is 5.92 Å². The van der Waals surface area contributed by atoms with E-state index in [0.29, 0.717) is 67.1 Å². The molecule has 9 heteroatoms. The van der Waals surface area contributed by atoms with E-state index in [4.69, 9.17) is 14.2 Å². The molecule has 1 fully saturated rings. The number of ether oxygens (including phenoxy) is 3. The summed E-state index contributed by atoms with van der Waals surface area (Å²) in [5.41, 5.74) is 1.38. The minimum atomic E-state index is -0.127. The number of carbonyl (C=O) groups excluding carboxylic acids is 2. The number of likely N-dealkylation sites (tertiary alicyclic amines) is 1. The van der Waals surface area contributed by atoms with Gasteiger partial charge in [0, 0.05) is 30.0 Å². The number of aryl methyl sites for hydroxylation is 1. The lowest BCUT2D eigenvalue weighted by Crippen LogP contribution is -2.41. The minimum absolute atomic E-state index is 0.0348. The Morgan fingerprint density at radius 3 is 2.69 bits per heavy atom. The number of fused-ring (bicyclic) bond motifs is 1. The Balaban J connectivity index is 1.39. The van der Waals surface area contributed by atoms with Crippen LogP contribution in [0.5, 0.6) is 17.2 Å². The van der Waals surface area contributed by atoms with Gasteiger partial charge in [-0.25, -0.2) is 4.98 Å². The SMILES string of the molecule is COc1cc(C(=O)N2CCC(C(=O)Nc3nc(C)cs3)CC2)cc2c1OCCO2. The topological polar surface area (TPSA) is 90.0 Å². The summed E-state index contributed by atoms with van der Waals surface area (Å²) < 4.78 is 16.6. The van der Waals surface area contributed by atoms with Gasteiger partial charge >= 0.3 is 0 Å². The fourth-order valence-electron chi connectivity index (χ4n) is 3.54. The number of benzene rings is 1. The molecule has 1 aromatic carbocycles. The number of anilines is 1. The van der Waals surface area contributed by atoms with Crippen molar-refractivity contribution in [3.05, 3.63) is 28.8 Å². The largest absolute Gasteiger partial charge is 0.493 e. The maximum absolute atomic E-state index is 13.0. The van der Waals surface area contributed by atoms with Crippen molar-refractivity contribution in [1.82, 2.24) is 9.88 Å². The van der Waals surface area contributed by atoms with Crippen molar-refractivity contribution in [2.75, 3.05) is 38.7 Å². The van der Waals surface area contributed by atoms with Crippen molar-refractivity contribution < 1.29 is 23.8 Å². The van der Waals surface area contributed by atoms with Crippen molar-refractivity contribution in [1.29, 1.82) is 0 Å². The normalized spacial score (nSPS) is 16.4. The number of methoxy groups -OCH3 is 1. The summed E-state index contributed by atoms with van der Waals surface area (Å²) in [6.45, 7) is 3.82. The minimum Gasteiger partial charge on any atom is -0.493 e. The average Bonchev–Trinajstić information content (AvgIpc) is 3.16. The van der Waals surface area contributed by atoms with Crippen molar-refractivity contribution in [3.8, 4) is 17.2 Å². The molecule has 0 bridgehead atoms. The highest BCUT2D eigenvalue weighted by Crippen LogP contribution is 2.40. The molecule has 1 aromatic heterocycles. The number of hydrogen-bond donors (Lipinski definition) is 1. The second-order valence-corrected chi connectivity index (χ2v) is 7.91. The first-order chi connectivity index (χ1) is 14.0. The predicted octanol–water partition coefficient (Wildman–Crippen LogP) is 2.72. The Labute approximate surface area is 172 Å². The quantitative estimate of drug-likeness (QED) is 0.823. The van der Waals surface area contributed by atoms with Crippen LogP contribution in [0, 0.1) is 12.8 Å². The summed E-state index contributed by atoms with van der Waals surface area (Å²) in [5, 5.41) is 5.40. The summed E-state index contributed by atoms with van der Waals surface area (Å²) in [7, 11) is 1.54. The molecule has 0 atom stereocenters. The van der Waals surface area contributed by atoms with Gasteiger partial charge in [0.25, 0.3) is 5.91 Å². The van der Waals surface area contributed by atoms with E-state index >= 15 is 0 Å². The van der Waals surface area contributed by atoms with Gasteiger partial charge in [-0.05, 0) is 31.9 Å². The van der Waals surface area contributed by atoms with E-state index in [1.54, 1.807) is 17.0 Å². The second kappa shape index (κ2) is 8.28. The van der Waals surface area contributed by atoms with Gasteiger partial charge in [-0.2, -0.15) is 0 Å². The lowest BCUT2D eigenvalue weighted by molar-refractivity contribution is -0.121. The number of rotatable bonds is 4. The number of aromatic nitrogens is 1. The average molecular weight is 417 g/mol. The van der Waals surface area contributed by atoms with Gasteiger partial charge in [-0.15, -0.1) is 11.3 Å². The van der Waals surface area contributed by atoms with Crippen molar-refractivity contribution in [2.45, 2.75) is 19.8 Å². The lowest BCUT2D eigenvalue weighted by atomic mass is 9.95. The smallest absolute Gasteiger partial charge is 0.254 e. The maximum atomic E-state index is 13.0. The highest BCUT2D eigenvalue weighted by atomic mass is 32.1. The van der Waals surface area contributed by atoms with Gasteiger partial charge in [0.1, 0.15) is 13.2 Å². The molecule has 2 aliphatic heterocycles. The molecule has 0 spiro atoms. The van der Waals surface area contributed by atoms with E-state index in [0.717, 1.165) is 5.69 Å². The Morgan fingerprint density at radius 1 is 1.24 bits per heavy atom. The highest BCUT2D eigenvalue weighted by molar-refractivity contribution is 7.13. The molecule has 0 saturated carbocycles. The van der Waals surface area contributed by atoms with Crippen LogP contribution < -0.4 is 19.5 Å². The van der Waals surface area contributed by atoms with Crippen LogP contribution in [0.4, 0.5) is 5.13 Å². The van der Waals surface area contributed by atoms with Gasteiger partial charge in [-0.1, -0.05) is 0 Å². The summed E-state index contributed by atoms with van der Waals surface area (Å²) in [6, 6.07) is 3.38. The number of nitrogens with one attached hydrogen (secondary N) is 1. The molecule has 2 aromatic rings. The molecule has 0 radical (unpaired) electrons. The Kier molecular flexibility index (Phi) is 5.57. The van der Waals surface area contributed by atoms with Crippen LogP contribution in [0.25, 0.3) is 0 Å². The fourth-order valence-corrected chi connectivity index (χ4v) is 4.23. The van der Waals surface area contributed by atoms with Gasteiger partial charge in [0.15, 0.2) is 16.6 Å². The molecule has 0 unspecified atom stereocenters. The molecular formula is C20H23N3O5S. The first kappa shape index (κ1) is 19.5. The second-order valence-electron chi connectivity index (χ2n) is 7.05. The standard InChI is InChI=1S/C20H23N3O5S/c1-12-11-29-20(21-12)22-18(24)13-3-5-23(6-4-13)19(25)14-9-15(26-2)17-16(10-14)27-7-8-28-17/h9-11,13H,3-8H2,1-2H3,(H,21,22,24). The van der Waals surface area contributed by atoms with Crippen LogP contribution in [0.1, 0.15) is 28.9 Å². The van der Waals surface area contributed by atoms with E-state index in [2.05, 4.69) is 10.3 Å². The summed E-state index contributed by atoms with van der Waals surface area (Å²) in [4.78, 5) is 31.5. The Morgan fingerprint density at radius 2 is 2.00 bits per heavy atom. The first-order valence-corrected chi connectivity index (χ1v) is 10.4. The highest BCUT2D eigenvalue weighted by Gasteiger charge is 2.29. The molecule has 0 aliphatic carbocycles. The third-order valence-corrected chi connectivity index (χ3v) is 5.95. The molecule has 1 saturated heterocycles. The predicted molar refractivity (Wildman–Crippen MR) is 108 cm³/mol. The molecule has 2 amide bonds. The molecule has 3 heterocycles. The van der Waals surface area contributed by atoms with E-state index in [9.17, 15) is 9.59 Å². The van der Waals surface area contributed by atoms with E-state index in [1.807, 2.05) is 12.3 Å².